The van der Waals surface area contributed by atoms with Gasteiger partial charge in [-0.2, -0.15) is 5.26 Å². The largest absolute Gasteiger partial charge is 0.493 e. The number of nitriles is 1. The van der Waals surface area contributed by atoms with Gasteiger partial charge in [0.2, 0.25) is 0 Å². The van der Waals surface area contributed by atoms with Crippen LogP contribution in [0.3, 0.4) is 0 Å². The molecule has 0 saturated heterocycles. The summed E-state index contributed by atoms with van der Waals surface area (Å²) in [4.78, 5) is 0. The van der Waals surface area contributed by atoms with Crippen LogP contribution >= 0.6 is 0 Å². The van der Waals surface area contributed by atoms with E-state index in [2.05, 4.69) is 18.0 Å². The highest BCUT2D eigenvalue weighted by molar-refractivity contribution is 5.94. The Morgan fingerprint density at radius 3 is 2.46 bits per heavy atom. The van der Waals surface area contributed by atoms with E-state index in [-0.39, 0.29) is 6.10 Å². The molecule has 0 heterocycles. The zero-order valence-corrected chi connectivity index (χ0v) is 16.2. The molecule has 0 spiro atoms. The number of methoxy groups -OCH3 is 3. The second-order valence-electron chi connectivity index (χ2n) is 6.20. The van der Waals surface area contributed by atoms with E-state index in [4.69, 9.17) is 19.5 Å². The van der Waals surface area contributed by atoms with E-state index in [1.54, 1.807) is 21.3 Å². The van der Waals surface area contributed by atoms with Gasteiger partial charge in [-0.3, -0.25) is 0 Å². The fourth-order valence-corrected chi connectivity index (χ4v) is 3.23. The van der Waals surface area contributed by atoms with Crippen LogP contribution in [-0.2, 0) is 4.74 Å². The molecule has 5 rings (SSSR count). The molecule has 28 heavy (non-hydrogen) atoms. The Morgan fingerprint density at radius 2 is 1.79 bits per heavy atom. The van der Waals surface area contributed by atoms with Crippen molar-refractivity contribution in [1.29, 1.82) is 5.26 Å². The molecule has 0 amide bonds. The molecule has 2 aliphatic rings. The number of anilines is 1. The Kier molecular flexibility index (Phi) is 5.83. The van der Waals surface area contributed by atoms with Gasteiger partial charge in [-0.05, 0) is 29.1 Å². The summed E-state index contributed by atoms with van der Waals surface area (Å²) in [5.41, 5.74) is 3.49. The van der Waals surface area contributed by atoms with Gasteiger partial charge in [0.05, 0.1) is 14.2 Å². The molecule has 2 aliphatic carbocycles. The molecule has 0 saturated carbocycles. The van der Waals surface area contributed by atoms with E-state index < -0.39 is 0 Å². The van der Waals surface area contributed by atoms with Crippen LogP contribution in [0.25, 0.3) is 10.8 Å². The van der Waals surface area contributed by atoms with Crippen LogP contribution < -0.4 is 14.8 Å². The molecule has 3 aromatic rings. The van der Waals surface area contributed by atoms with Crippen LogP contribution in [0.15, 0.2) is 66.9 Å². The van der Waals surface area contributed by atoms with Gasteiger partial charge in [0.25, 0.3) is 0 Å². The van der Waals surface area contributed by atoms with Crippen molar-refractivity contribution in [3.8, 4) is 17.6 Å². The average molecular weight is 374 g/mol. The van der Waals surface area contributed by atoms with Crippen molar-refractivity contribution in [2.75, 3.05) is 26.6 Å². The third-order valence-electron chi connectivity index (χ3n) is 4.56. The number of allylic oxidation sites excluding steroid dienone is 1. The summed E-state index contributed by atoms with van der Waals surface area (Å²) in [6, 6.07) is 19.9. The molecule has 0 aromatic heterocycles. The van der Waals surface area contributed by atoms with E-state index in [9.17, 15) is 0 Å². The normalized spacial score (nSPS) is 13.4. The second-order valence-corrected chi connectivity index (χ2v) is 6.20. The third-order valence-corrected chi connectivity index (χ3v) is 4.56. The van der Waals surface area contributed by atoms with Crippen LogP contribution in [0, 0.1) is 11.3 Å². The Morgan fingerprint density at radius 1 is 1.04 bits per heavy atom. The van der Waals surface area contributed by atoms with Crippen molar-refractivity contribution < 1.29 is 14.2 Å². The van der Waals surface area contributed by atoms with E-state index in [1.807, 2.05) is 54.6 Å². The summed E-state index contributed by atoms with van der Waals surface area (Å²) >= 11 is 0. The lowest BCUT2D eigenvalue weighted by molar-refractivity contribution is 0.121. The fourth-order valence-electron chi connectivity index (χ4n) is 3.23. The highest BCUT2D eigenvalue weighted by atomic mass is 16.5. The minimum Gasteiger partial charge on any atom is -0.493 e. The molecule has 3 aromatic carbocycles. The van der Waals surface area contributed by atoms with Gasteiger partial charge in [-0.1, -0.05) is 43.0 Å². The van der Waals surface area contributed by atoms with Crippen LogP contribution in [0.5, 0.6) is 11.5 Å². The van der Waals surface area contributed by atoms with Crippen molar-refractivity contribution in [3.05, 3.63) is 78.0 Å². The minimum atomic E-state index is 0.0776. The summed E-state index contributed by atoms with van der Waals surface area (Å²) in [6.07, 6.45) is 0.0776. The highest BCUT2D eigenvalue weighted by Crippen LogP contribution is 2.48. The van der Waals surface area contributed by atoms with Crippen LogP contribution in [0.1, 0.15) is 17.2 Å². The quantitative estimate of drug-likeness (QED) is 0.634. The molecule has 0 aliphatic heterocycles. The Balaban J connectivity index is 0.000000162. The first-order chi connectivity index (χ1) is 13.6. The van der Waals surface area contributed by atoms with Gasteiger partial charge >= 0.3 is 0 Å². The number of benzene rings is 3. The summed E-state index contributed by atoms with van der Waals surface area (Å²) in [5, 5.41) is 13.9. The number of fused-ring (bicyclic) bond motifs is 3. The van der Waals surface area contributed by atoms with Gasteiger partial charge < -0.3 is 19.5 Å². The number of rotatable bonds is 5. The maximum Gasteiger partial charge on any atom is 0.166 e. The summed E-state index contributed by atoms with van der Waals surface area (Å²) in [7, 11) is 4.97. The summed E-state index contributed by atoms with van der Waals surface area (Å²) in [5.74, 6) is 1.56. The zero-order chi connectivity index (χ0) is 20.1. The molecule has 1 unspecified atom stereocenters. The van der Waals surface area contributed by atoms with Crippen molar-refractivity contribution in [2.24, 2.45) is 0 Å². The standard InChI is InChI=1S/C13H10N2.C10H12O3/c1-10(9-14)15-13-8-4-6-11-5-2-3-7-12(11)13;1-11-8-5-6-4-7(9(6)12-2)10(8)13-3/h2-8,15H,1H2;4-5,9H,1-3H3. The second kappa shape index (κ2) is 8.47. The van der Waals surface area contributed by atoms with Gasteiger partial charge in [0.1, 0.15) is 17.9 Å². The number of hydrogen-bond acceptors (Lipinski definition) is 5. The molecule has 5 nitrogen and oxygen atoms in total. The van der Waals surface area contributed by atoms with E-state index in [1.165, 1.54) is 0 Å². The van der Waals surface area contributed by atoms with Gasteiger partial charge in [0.15, 0.2) is 11.5 Å². The molecule has 1 N–H and O–H groups in total. The topological polar surface area (TPSA) is 63.5 Å². The molecule has 5 heteroatoms. The van der Waals surface area contributed by atoms with Crippen LogP contribution in [0.2, 0.25) is 0 Å². The Hall–Kier alpha value is -3.49. The van der Waals surface area contributed by atoms with Gasteiger partial charge in [-0.25, -0.2) is 0 Å². The first-order valence-electron chi connectivity index (χ1n) is 8.75. The lowest BCUT2D eigenvalue weighted by Crippen LogP contribution is -2.15. The maximum atomic E-state index is 8.66. The molecule has 0 fully saturated rings. The SMILES string of the molecule is C=C(C#N)Nc1cccc2ccccc12.COc1cc2cc(c1OC)C2OC. The highest BCUT2D eigenvalue weighted by Gasteiger charge is 2.31. The first kappa shape index (κ1) is 19.3. The maximum absolute atomic E-state index is 8.66. The minimum absolute atomic E-state index is 0.0776. The van der Waals surface area contributed by atoms with Gasteiger partial charge in [-0.15, -0.1) is 0 Å². The number of ether oxygens (including phenoxy) is 3. The fraction of sp³-hybridized carbons (Fsp3) is 0.174. The average Bonchev–Trinajstić information content (AvgIpc) is 2.74. The molecular weight excluding hydrogens is 352 g/mol. The smallest absolute Gasteiger partial charge is 0.166 e. The summed E-state index contributed by atoms with van der Waals surface area (Å²) in [6.45, 7) is 3.60. The number of nitrogens with one attached hydrogen (secondary N) is 1. The van der Waals surface area contributed by atoms with Crippen LogP contribution in [-0.4, -0.2) is 21.3 Å². The molecule has 0 radical (unpaired) electrons. The molecule has 142 valence electrons. The lowest BCUT2D eigenvalue weighted by Gasteiger charge is -2.29. The first-order valence-corrected chi connectivity index (χ1v) is 8.75. The van der Waals surface area contributed by atoms with Gasteiger partial charge in [0, 0.05) is 23.7 Å². The predicted molar refractivity (Wildman–Crippen MR) is 111 cm³/mol. The third kappa shape index (κ3) is 3.64. The predicted octanol–water partition coefficient (Wildman–Crippen LogP) is 5.04. The van der Waals surface area contributed by atoms with Crippen molar-refractivity contribution in [2.45, 2.75) is 6.10 Å². The Bertz CT molecular complexity index is 1050. The lowest BCUT2D eigenvalue weighted by atomic mass is 9.88. The molecule has 2 bridgehead atoms. The monoisotopic (exact) mass is 374 g/mol. The summed E-state index contributed by atoms with van der Waals surface area (Å²) < 4.78 is 15.7. The van der Waals surface area contributed by atoms with Crippen LogP contribution in [0.4, 0.5) is 5.69 Å². The molecular formula is C23H22N2O3. The van der Waals surface area contributed by atoms with Crippen molar-refractivity contribution in [3.63, 3.8) is 0 Å². The Labute approximate surface area is 164 Å². The van der Waals surface area contributed by atoms with E-state index in [0.717, 1.165) is 39.1 Å². The van der Waals surface area contributed by atoms with Crippen molar-refractivity contribution >= 4 is 16.5 Å². The number of nitrogens with zero attached hydrogens (tertiary/aromatic N) is 1. The van der Waals surface area contributed by atoms with Crippen molar-refractivity contribution in [1.82, 2.24) is 0 Å². The number of hydrogen-bond donors (Lipinski definition) is 1. The molecule has 1 atom stereocenters. The zero-order valence-electron chi connectivity index (χ0n) is 16.2. The van der Waals surface area contributed by atoms with E-state index >= 15 is 0 Å². The van der Waals surface area contributed by atoms with E-state index in [0.29, 0.717) is 5.70 Å².